The number of hydrogen-bond acceptors (Lipinski definition) is 5. The van der Waals surface area contributed by atoms with E-state index in [1.165, 1.54) is 0 Å². The van der Waals surface area contributed by atoms with Gasteiger partial charge in [0.05, 0.1) is 7.11 Å². The second-order valence-corrected chi connectivity index (χ2v) is 5.78. The molecule has 20 heavy (non-hydrogen) atoms. The third-order valence-electron chi connectivity index (χ3n) is 2.80. The third-order valence-corrected chi connectivity index (χ3v) is 3.74. The van der Waals surface area contributed by atoms with Gasteiger partial charge in [0.25, 0.3) is 0 Å². The van der Waals surface area contributed by atoms with E-state index in [1.807, 2.05) is 37.4 Å². The summed E-state index contributed by atoms with van der Waals surface area (Å²) in [6, 6.07) is 6.06. The molecule has 0 saturated carbocycles. The molecule has 1 unspecified atom stereocenters. The molecule has 1 heterocycles. The zero-order chi connectivity index (χ0) is 14.5. The minimum Gasteiger partial charge on any atom is -0.493 e. The summed E-state index contributed by atoms with van der Waals surface area (Å²) in [6.07, 6.45) is 0.822. The van der Waals surface area contributed by atoms with Crippen molar-refractivity contribution in [3.05, 3.63) is 39.8 Å². The highest BCUT2D eigenvalue weighted by Crippen LogP contribution is 2.29. The van der Waals surface area contributed by atoms with Gasteiger partial charge >= 0.3 is 0 Å². The van der Waals surface area contributed by atoms with Crippen LogP contribution in [0.3, 0.4) is 0 Å². The fourth-order valence-corrected chi connectivity index (χ4v) is 2.62. The predicted octanol–water partition coefficient (Wildman–Crippen LogP) is 2.93. The van der Waals surface area contributed by atoms with E-state index in [0.29, 0.717) is 6.61 Å². The second kappa shape index (κ2) is 6.72. The minimum absolute atomic E-state index is 0.129. The van der Waals surface area contributed by atoms with Gasteiger partial charge in [-0.25, -0.2) is 4.98 Å². The maximum absolute atomic E-state index is 5.81. The summed E-state index contributed by atoms with van der Waals surface area (Å²) in [5, 5.41) is 2.98. The SMILES string of the molecule is COc1cc(CC(C)N)ccc1OCc1nc(C)cs1. The van der Waals surface area contributed by atoms with Gasteiger partial charge in [-0.15, -0.1) is 11.3 Å². The smallest absolute Gasteiger partial charge is 0.161 e. The summed E-state index contributed by atoms with van der Waals surface area (Å²) < 4.78 is 11.2. The molecular weight excluding hydrogens is 272 g/mol. The van der Waals surface area contributed by atoms with Gasteiger partial charge in [-0.1, -0.05) is 6.07 Å². The molecule has 0 aliphatic carbocycles. The molecule has 2 N–H and O–H groups in total. The molecule has 0 spiro atoms. The molecule has 5 heteroatoms. The van der Waals surface area contributed by atoms with Crippen LogP contribution >= 0.6 is 11.3 Å². The number of rotatable bonds is 6. The van der Waals surface area contributed by atoms with E-state index in [2.05, 4.69) is 4.98 Å². The van der Waals surface area contributed by atoms with Crippen molar-refractivity contribution in [2.75, 3.05) is 7.11 Å². The Bertz CT molecular complexity index is 567. The molecule has 1 aromatic carbocycles. The van der Waals surface area contributed by atoms with Crippen LogP contribution in [0.5, 0.6) is 11.5 Å². The Morgan fingerprint density at radius 2 is 2.15 bits per heavy atom. The van der Waals surface area contributed by atoms with Gasteiger partial charge in [0, 0.05) is 17.1 Å². The maximum atomic E-state index is 5.81. The van der Waals surface area contributed by atoms with Gasteiger partial charge in [0.15, 0.2) is 11.5 Å². The zero-order valence-electron chi connectivity index (χ0n) is 12.1. The van der Waals surface area contributed by atoms with E-state index >= 15 is 0 Å². The van der Waals surface area contributed by atoms with Crippen molar-refractivity contribution in [1.29, 1.82) is 0 Å². The summed E-state index contributed by atoms with van der Waals surface area (Å²) in [5.74, 6) is 1.46. The highest BCUT2D eigenvalue weighted by atomic mass is 32.1. The van der Waals surface area contributed by atoms with Crippen LogP contribution in [0.15, 0.2) is 23.6 Å². The summed E-state index contributed by atoms with van der Waals surface area (Å²) in [7, 11) is 1.64. The van der Waals surface area contributed by atoms with Crippen molar-refractivity contribution >= 4 is 11.3 Å². The first-order chi connectivity index (χ1) is 9.58. The van der Waals surface area contributed by atoms with Crippen LogP contribution in [-0.4, -0.2) is 18.1 Å². The number of hydrogen-bond donors (Lipinski definition) is 1. The molecule has 1 atom stereocenters. The minimum atomic E-state index is 0.129. The normalized spacial score (nSPS) is 12.2. The van der Waals surface area contributed by atoms with Crippen LogP contribution in [0.4, 0.5) is 0 Å². The number of ether oxygens (including phenoxy) is 2. The first-order valence-corrected chi connectivity index (χ1v) is 7.42. The molecule has 0 bridgehead atoms. The number of nitrogens with two attached hydrogens (primary N) is 1. The van der Waals surface area contributed by atoms with Crippen LogP contribution in [0.25, 0.3) is 0 Å². The molecule has 0 radical (unpaired) electrons. The van der Waals surface area contributed by atoms with Gasteiger partial charge in [0.1, 0.15) is 11.6 Å². The first-order valence-electron chi connectivity index (χ1n) is 6.54. The second-order valence-electron chi connectivity index (χ2n) is 4.84. The molecular formula is C15H20N2O2S. The summed E-state index contributed by atoms with van der Waals surface area (Å²) in [5.41, 5.74) is 7.98. The van der Waals surface area contributed by atoms with E-state index in [-0.39, 0.29) is 6.04 Å². The summed E-state index contributed by atoms with van der Waals surface area (Å²) in [4.78, 5) is 4.37. The largest absolute Gasteiger partial charge is 0.493 e. The summed E-state index contributed by atoms with van der Waals surface area (Å²) in [6.45, 7) is 4.42. The van der Waals surface area contributed by atoms with Crippen molar-refractivity contribution in [2.24, 2.45) is 5.73 Å². The van der Waals surface area contributed by atoms with E-state index in [0.717, 1.165) is 34.2 Å². The quantitative estimate of drug-likeness (QED) is 0.889. The Balaban J connectivity index is 2.07. The highest BCUT2D eigenvalue weighted by molar-refractivity contribution is 7.09. The Labute approximate surface area is 123 Å². The van der Waals surface area contributed by atoms with Crippen molar-refractivity contribution in [3.8, 4) is 11.5 Å². The van der Waals surface area contributed by atoms with Crippen molar-refractivity contribution < 1.29 is 9.47 Å². The molecule has 4 nitrogen and oxygen atoms in total. The van der Waals surface area contributed by atoms with E-state index in [9.17, 15) is 0 Å². The fourth-order valence-electron chi connectivity index (χ4n) is 1.94. The molecule has 2 aromatic rings. The molecule has 0 aliphatic heterocycles. The number of methoxy groups -OCH3 is 1. The molecule has 0 saturated heterocycles. The molecule has 0 amide bonds. The standard InChI is InChI=1S/C15H20N2O2S/c1-10(16)6-12-4-5-13(14(7-12)18-3)19-8-15-17-11(2)9-20-15/h4-5,7,9-10H,6,8,16H2,1-3H3. The van der Waals surface area contributed by atoms with Crippen LogP contribution in [0.2, 0.25) is 0 Å². The molecule has 1 aromatic heterocycles. The number of aryl methyl sites for hydroxylation is 1. The van der Waals surface area contributed by atoms with Crippen molar-refractivity contribution in [3.63, 3.8) is 0 Å². The molecule has 0 aliphatic rings. The Hall–Kier alpha value is -1.59. The Morgan fingerprint density at radius 3 is 2.75 bits per heavy atom. The lowest BCUT2D eigenvalue weighted by molar-refractivity contribution is 0.283. The number of thiazole rings is 1. The van der Waals surface area contributed by atoms with E-state index in [1.54, 1.807) is 18.4 Å². The predicted molar refractivity (Wildman–Crippen MR) is 81.5 cm³/mol. The lowest BCUT2D eigenvalue weighted by Crippen LogP contribution is -2.17. The maximum Gasteiger partial charge on any atom is 0.161 e. The average molecular weight is 292 g/mol. The zero-order valence-corrected chi connectivity index (χ0v) is 12.9. The van der Waals surface area contributed by atoms with Crippen LogP contribution in [0.1, 0.15) is 23.2 Å². The number of nitrogens with zero attached hydrogens (tertiary/aromatic N) is 1. The summed E-state index contributed by atoms with van der Waals surface area (Å²) >= 11 is 1.60. The van der Waals surface area contributed by atoms with Crippen molar-refractivity contribution in [1.82, 2.24) is 4.98 Å². The van der Waals surface area contributed by atoms with E-state index in [4.69, 9.17) is 15.2 Å². The van der Waals surface area contributed by atoms with Crippen molar-refractivity contribution in [2.45, 2.75) is 32.9 Å². The van der Waals surface area contributed by atoms with Gasteiger partial charge in [-0.2, -0.15) is 0 Å². The lowest BCUT2D eigenvalue weighted by Gasteiger charge is -2.12. The van der Waals surface area contributed by atoms with E-state index < -0.39 is 0 Å². The van der Waals surface area contributed by atoms with Gasteiger partial charge in [-0.3, -0.25) is 0 Å². The molecule has 0 fully saturated rings. The number of aromatic nitrogens is 1. The molecule has 2 rings (SSSR count). The Kier molecular flexibility index (Phi) is 4.98. The third kappa shape index (κ3) is 3.95. The monoisotopic (exact) mass is 292 g/mol. The topological polar surface area (TPSA) is 57.4 Å². The van der Waals surface area contributed by atoms with Gasteiger partial charge < -0.3 is 15.2 Å². The number of benzene rings is 1. The van der Waals surface area contributed by atoms with Crippen LogP contribution in [-0.2, 0) is 13.0 Å². The lowest BCUT2D eigenvalue weighted by atomic mass is 10.1. The molecule has 108 valence electrons. The average Bonchev–Trinajstić information content (AvgIpc) is 2.82. The Morgan fingerprint density at radius 1 is 1.35 bits per heavy atom. The highest BCUT2D eigenvalue weighted by Gasteiger charge is 2.08. The van der Waals surface area contributed by atoms with Gasteiger partial charge in [0.2, 0.25) is 0 Å². The van der Waals surface area contributed by atoms with Crippen LogP contribution in [0, 0.1) is 6.92 Å². The first kappa shape index (κ1) is 14.8. The van der Waals surface area contributed by atoms with Gasteiger partial charge in [-0.05, 0) is 38.0 Å². The fraction of sp³-hybridized carbons (Fsp3) is 0.400. The van der Waals surface area contributed by atoms with Crippen LogP contribution < -0.4 is 15.2 Å².